The molecular formula is C36H52O12. The second-order valence-corrected chi connectivity index (χ2v) is 11.6. The van der Waals surface area contributed by atoms with Gasteiger partial charge in [0.15, 0.2) is 23.0 Å². The van der Waals surface area contributed by atoms with E-state index in [1.54, 1.807) is 0 Å². The van der Waals surface area contributed by atoms with Gasteiger partial charge in [-0.05, 0) is 48.2 Å². The van der Waals surface area contributed by atoms with Crippen LogP contribution >= 0.6 is 0 Å². The third-order valence-electron chi connectivity index (χ3n) is 8.02. The summed E-state index contributed by atoms with van der Waals surface area (Å²) in [6.45, 7) is 8.63. The molecule has 1 aliphatic carbocycles. The third-order valence-corrected chi connectivity index (χ3v) is 8.02. The van der Waals surface area contributed by atoms with Gasteiger partial charge in [-0.25, -0.2) is 0 Å². The molecule has 268 valence electrons. The van der Waals surface area contributed by atoms with Crippen LogP contribution in [0.3, 0.4) is 0 Å². The van der Waals surface area contributed by atoms with Gasteiger partial charge in [0.2, 0.25) is 0 Å². The zero-order valence-corrected chi connectivity index (χ0v) is 28.1. The maximum atomic E-state index is 6.48. The van der Waals surface area contributed by atoms with Crippen molar-refractivity contribution in [2.75, 3.05) is 106 Å². The van der Waals surface area contributed by atoms with Crippen LogP contribution in [0, 0.1) is 0 Å². The van der Waals surface area contributed by atoms with Gasteiger partial charge >= 0.3 is 0 Å². The Kier molecular flexibility index (Phi) is 16.9. The summed E-state index contributed by atoms with van der Waals surface area (Å²) in [5.74, 6) is 2.68. The van der Waals surface area contributed by atoms with Crippen LogP contribution in [0.5, 0.6) is 23.0 Å². The van der Waals surface area contributed by atoms with Crippen molar-refractivity contribution in [1.29, 1.82) is 0 Å². The normalized spacial score (nSPS) is 23.1. The summed E-state index contributed by atoms with van der Waals surface area (Å²) < 4.78 is 70.4. The lowest BCUT2D eigenvalue weighted by Crippen LogP contribution is -2.34. The largest absolute Gasteiger partial charge is 0.487 e. The van der Waals surface area contributed by atoms with E-state index in [1.165, 1.54) is 0 Å². The Morgan fingerprint density at radius 3 is 1.06 bits per heavy atom. The summed E-state index contributed by atoms with van der Waals surface area (Å²) in [4.78, 5) is 0. The van der Waals surface area contributed by atoms with Crippen molar-refractivity contribution >= 4 is 0 Å². The van der Waals surface area contributed by atoms with Crippen molar-refractivity contribution in [3.05, 3.63) is 47.5 Å². The minimum Gasteiger partial charge on any atom is -0.487 e. The highest BCUT2D eigenvalue weighted by molar-refractivity contribution is 5.43. The Labute approximate surface area is 284 Å². The lowest BCUT2D eigenvalue weighted by atomic mass is 9.94. The van der Waals surface area contributed by atoms with Crippen LogP contribution in [0.2, 0.25) is 0 Å². The predicted molar refractivity (Wildman–Crippen MR) is 175 cm³/mol. The van der Waals surface area contributed by atoms with Gasteiger partial charge in [0.1, 0.15) is 26.4 Å². The van der Waals surface area contributed by atoms with Crippen molar-refractivity contribution in [2.45, 2.75) is 51.1 Å². The van der Waals surface area contributed by atoms with Gasteiger partial charge in [0.25, 0.3) is 0 Å². The summed E-state index contributed by atoms with van der Waals surface area (Å²) >= 11 is 0. The van der Waals surface area contributed by atoms with E-state index in [2.05, 4.69) is 0 Å². The highest BCUT2D eigenvalue weighted by Crippen LogP contribution is 2.32. The monoisotopic (exact) mass is 676 g/mol. The van der Waals surface area contributed by atoms with Crippen molar-refractivity contribution in [1.82, 2.24) is 0 Å². The summed E-state index contributed by atoms with van der Waals surface area (Å²) in [5.41, 5.74) is 2.01. The molecule has 12 heteroatoms. The summed E-state index contributed by atoms with van der Waals surface area (Å²) in [5, 5.41) is 0. The third kappa shape index (κ3) is 13.3. The van der Waals surface area contributed by atoms with Crippen LogP contribution in [-0.4, -0.2) is 118 Å². The molecule has 2 heterocycles. The highest BCUT2D eigenvalue weighted by Gasteiger charge is 2.27. The van der Waals surface area contributed by atoms with E-state index < -0.39 is 0 Å². The molecule has 1 fully saturated rings. The second-order valence-electron chi connectivity index (χ2n) is 11.6. The zero-order chi connectivity index (χ0) is 32.9. The molecule has 0 saturated heterocycles. The number of ether oxygens (including phenoxy) is 12. The highest BCUT2D eigenvalue weighted by atomic mass is 16.6. The number of benzene rings is 2. The Morgan fingerprint density at radius 1 is 0.396 bits per heavy atom. The van der Waals surface area contributed by atoms with Crippen molar-refractivity contribution < 1.29 is 56.8 Å². The number of hydrogen-bond donors (Lipinski definition) is 0. The predicted octanol–water partition coefficient (Wildman–Crippen LogP) is 4.37. The first-order chi connectivity index (χ1) is 23.8. The molecular weight excluding hydrogens is 624 g/mol. The summed E-state index contributed by atoms with van der Waals surface area (Å²) in [6.07, 6.45) is 4.10. The van der Waals surface area contributed by atoms with Crippen molar-refractivity contribution in [3.8, 4) is 23.0 Å². The van der Waals surface area contributed by atoms with Crippen LogP contribution in [-0.2, 0) is 51.1 Å². The molecule has 3 aliphatic rings. The van der Waals surface area contributed by atoms with E-state index >= 15 is 0 Å². The Hall–Kier alpha value is -2.68. The molecule has 2 aromatic rings. The average Bonchev–Trinajstić information content (AvgIpc) is 3.13. The van der Waals surface area contributed by atoms with Crippen LogP contribution in [0.15, 0.2) is 36.4 Å². The maximum Gasteiger partial charge on any atom is 0.161 e. The molecule has 2 atom stereocenters. The lowest BCUT2D eigenvalue weighted by molar-refractivity contribution is -0.104. The van der Waals surface area contributed by atoms with Gasteiger partial charge in [-0.1, -0.05) is 25.0 Å². The quantitative estimate of drug-likeness (QED) is 0.433. The molecule has 5 rings (SSSR count). The van der Waals surface area contributed by atoms with E-state index in [0.717, 1.165) is 36.8 Å². The van der Waals surface area contributed by atoms with E-state index in [-0.39, 0.29) is 12.2 Å². The molecule has 1 saturated carbocycles. The van der Waals surface area contributed by atoms with Gasteiger partial charge in [0.05, 0.1) is 105 Å². The SMILES string of the molecule is c1cc2c(cc1CO[C@@H]1CCCC[C@H]1OCc1ccc3c(c1)OCCOCCOCCOCCO3)OCCOCCOCCOCCO2. The molecule has 48 heavy (non-hydrogen) atoms. The molecule has 0 amide bonds. The fourth-order valence-electron chi connectivity index (χ4n) is 5.53. The lowest BCUT2D eigenvalue weighted by Gasteiger charge is -2.31. The van der Waals surface area contributed by atoms with E-state index in [1.807, 2.05) is 36.4 Å². The Morgan fingerprint density at radius 2 is 0.708 bits per heavy atom. The van der Waals surface area contributed by atoms with Gasteiger partial charge in [-0.2, -0.15) is 0 Å². The van der Waals surface area contributed by atoms with E-state index in [0.29, 0.717) is 142 Å². The van der Waals surface area contributed by atoms with Gasteiger partial charge in [0, 0.05) is 0 Å². The molecule has 12 nitrogen and oxygen atoms in total. The van der Waals surface area contributed by atoms with Gasteiger partial charge in [-0.15, -0.1) is 0 Å². The number of hydrogen-bond acceptors (Lipinski definition) is 12. The number of rotatable bonds is 6. The van der Waals surface area contributed by atoms with E-state index in [4.69, 9.17) is 56.8 Å². The molecule has 0 unspecified atom stereocenters. The Bertz CT molecular complexity index is 1070. The minimum absolute atomic E-state index is 0.0108. The van der Waals surface area contributed by atoms with Gasteiger partial charge < -0.3 is 56.8 Å². The van der Waals surface area contributed by atoms with Crippen molar-refractivity contribution in [3.63, 3.8) is 0 Å². The summed E-state index contributed by atoms with van der Waals surface area (Å²) in [6, 6.07) is 11.9. The molecule has 0 bridgehead atoms. The maximum absolute atomic E-state index is 6.48. The van der Waals surface area contributed by atoms with Crippen LogP contribution in [0.4, 0.5) is 0 Å². The molecule has 0 radical (unpaired) electrons. The first-order valence-corrected chi connectivity index (χ1v) is 17.3. The van der Waals surface area contributed by atoms with E-state index in [9.17, 15) is 0 Å². The average molecular weight is 677 g/mol. The Balaban J connectivity index is 1.14. The van der Waals surface area contributed by atoms with Gasteiger partial charge in [-0.3, -0.25) is 0 Å². The smallest absolute Gasteiger partial charge is 0.161 e. The second kappa shape index (κ2) is 22.1. The molecule has 0 N–H and O–H groups in total. The number of fused-ring (bicyclic) bond motifs is 2. The standard InChI is InChI=1S/C36H52O12/c1-2-4-32(48-28-30-6-8-34-36(26-30)46-24-20-42-16-12-38-10-14-40-18-22-44-34)31(3-1)47-27-29-5-7-33-35(25-29)45-23-19-41-15-11-37-9-13-39-17-21-43-33/h5-8,25-26,31-32H,1-4,9-24,27-28H2/t31-,32-/m1/s1. The summed E-state index contributed by atoms with van der Waals surface area (Å²) in [7, 11) is 0. The first kappa shape index (κ1) is 36.6. The molecule has 0 spiro atoms. The molecule has 2 aliphatic heterocycles. The first-order valence-electron chi connectivity index (χ1n) is 17.3. The fraction of sp³-hybridized carbons (Fsp3) is 0.667. The van der Waals surface area contributed by atoms with Crippen molar-refractivity contribution in [2.24, 2.45) is 0 Å². The minimum atomic E-state index is -0.0108. The van der Waals surface area contributed by atoms with Crippen LogP contribution in [0.1, 0.15) is 36.8 Å². The topological polar surface area (TPSA) is 111 Å². The zero-order valence-electron chi connectivity index (χ0n) is 28.1. The fourth-order valence-corrected chi connectivity index (χ4v) is 5.53. The molecule has 0 aromatic heterocycles. The van der Waals surface area contributed by atoms with Crippen LogP contribution in [0.25, 0.3) is 0 Å². The molecule has 2 aromatic carbocycles. The van der Waals surface area contributed by atoms with Crippen LogP contribution < -0.4 is 18.9 Å².